The standard InChI is InChI=1S/C20H27N5O2/c1-21-19-7-9-22-20(24-19)23-15-3-6-17(26-2)18(11-15)27-13-14-8-10-25(12-14)16-4-5-16/h3,6-7,9,11,14,16H,4-5,8,10,12-13H2,1-2H3,(H2,21,22,23,24). The van der Waals surface area contributed by atoms with Crippen molar-refractivity contribution in [1.29, 1.82) is 0 Å². The van der Waals surface area contributed by atoms with Crippen LogP contribution in [-0.4, -0.2) is 54.8 Å². The van der Waals surface area contributed by atoms with Gasteiger partial charge in [-0.3, -0.25) is 4.90 Å². The normalized spacial score (nSPS) is 19.7. The number of benzene rings is 1. The Morgan fingerprint density at radius 1 is 1.19 bits per heavy atom. The molecule has 2 fully saturated rings. The lowest BCUT2D eigenvalue weighted by atomic mass is 10.1. The summed E-state index contributed by atoms with van der Waals surface area (Å²) in [7, 11) is 3.50. The number of nitrogens with one attached hydrogen (secondary N) is 2. The van der Waals surface area contributed by atoms with E-state index in [4.69, 9.17) is 9.47 Å². The first-order valence-corrected chi connectivity index (χ1v) is 9.58. The zero-order valence-corrected chi connectivity index (χ0v) is 15.9. The molecule has 1 aromatic heterocycles. The fraction of sp³-hybridized carbons (Fsp3) is 0.500. The lowest BCUT2D eigenvalue weighted by Crippen LogP contribution is -2.24. The molecular formula is C20H27N5O2. The Kier molecular flexibility index (Phi) is 5.29. The molecule has 0 bridgehead atoms. The van der Waals surface area contributed by atoms with Gasteiger partial charge in [0.05, 0.1) is 13.7 Å². The Morgan fingerprint density at radius 3 is 2.85 bits per heavy atom. The molecule has 2 heterocycles. The zero-order valence-electron chi connectivity index (χ0n) is 15.9. The highest BCUT2D eigenvalue weighted by Gasteiger charge is 2.34. The van der Waals surface area contributed by atoms with Crippen molar-refractivity contribution < 1.29 is 9.47 Å². The molecule has 0 amide bonds. The molecule has 7 nitrogen and oxygen atoms in total. The number of methoxy groups -OCH3 is 1. The Labute approximate surface area is 160 Å². The van der Waals surface area contributed by atoms with Crippen LogP contribution >= 0.6 is 0 Å². The molecule has 4 rings (SSSR count). The summed E-state index contributed by atoms with van der Waals surface area (Å²) < 4.78 is 11.6. The highest BCUT2D eigenvalue weighted by atomic mass is 16.5. The van der Waals surface area contributed by atoms with E-state index in [2.05, 4.69) is 25.5 Å². The van der Waals surface area contributed by atoms with Crippen LogP contribution in [0.15, 0.2) is 30.5 Å². The van der Waals surface area contributed by atoms with Crippen molar-refractivity contribution in [2.24, 2.45) is 5.92 Å². The van der Waals surface area contributed by atoms with E-state index >= 15 is 0 Å². The van der Waals surface area contributed by atoms with Crippen molar-refractivity contribution in [3.63, 3.8) is 0 Å². The monoisotopic (exact) mass is 369 g/mol. The van der Waals surface area contributed by atoms with Crippen molar-refractivity contribution in [2.75, 3.05) is 44.5 Å². The first kappa shape index (κ1) is 17.9. The van der Waals surface area contributed by atoms with Crippen LogP contribution < -0.4 is 20.1 Å². The molecule has 1 saturated heterocycles. The van der Waals surface area contributed by atoms with Crippen molar-refractivity contribution in [3.8, 4) is 11.5 Å². The van der Waals surface area contributed by atoms with E-state index in [0.29, 0.717) is 11.9 Å². The SMILES string of the molecule is CNc1ccnc(Nc2ccc(OC)c(OCC3CCN(C4CC4)C3)c2)n1. The van der Waals surface area contributed by atoms with Gasteiger partial charge in [-0.15, -0.1) is 0 Å². The molecule has 1 aromatic carbocycles. The number of likely N-dealkylation sites (tertiary alicyclic amines) is 1. The van der Waals surface area contributed by atoms with E-state index in [0.717, 1.165) is 42.2 Å². The average Bonchev–Trinajstić information content (AvgIpc) is 3.45. The smallest absolute Gasteiger partial charge is 0.229 e. The van der Waals surface area contributed by atoms with Gasteiger partial charge < -0.3 is 20.1 Å². The van der Waals surface area contributed by atoms with Crippen LogP contribution in [0.5, 0.6) is 11.5 Å². The fourth-order valence-electron chi connectivity index (χ4n) is 3.53. The average molecular weight is 369 g/mol. The summed E-state index contributed by atoms with van der Waals surface area (Å²) >= 11 is 0. The third kappa shape index (κ3) is 4.42. The maximum absolute atomic E-state index is 6.14. The highest BCUT2D eigenvalue weighted by molar-refractivity contribution is 5.60. The molecule has 2 N–H and O–H groups in total. The van der Waals surface area contributed by atoms with Crippen LogP contribution in [0.4, 0.5) is 17.5 Å². The predicted molar refractivity (Wildman–Crippen MR) is 106 cm³/mol. The third-order valence-corrected chi connectivity index (χ3v) is 5.19. The molecule has 7 heteroatoms. The van der Waals surface area contributed by atoms with E-state index in [9.17, 15) is 0 Å². The molecule has 0 radical (unpaired) electrons. The van der Waals surface area contributed by atoms with Gasteiger partial charge in [0.1, 0.15) is 5.82 Å². The minimum Gasteiger partial charge on any atom is -0.493 e. The van der Waals surface area contributed by atoms with Crippen LogP contribution in [-0.2, 0) is 0 Å². The predicted octanol–water partition coefficient (Wildman–Crippen LogP) is 3.13. The molecule has 1 aliphatic carbocycles. The number of rotatable bonds is 8. The van der Waals surface area contributed by atoms with Crippen LogP contribution in [0.25, 0.3) is 0 Å². The second-order valence-electron chi connectivity index (χ2n) is 7.20. The van der Waals surface area contributed by atoms with Crippen LogP contribution in [0.2, 0.25) is 0 Å². The highest BCUT2D eigenvalue weighted by Crippen LogP contribution is 2.34. The number of aromatic nitrogens is 2. The minimum absolute atomic E-state index is 0.536. The summed E-state index contributed by atoms with van der Waals surface area (Å²) in [4.78, 5) is 11.2. The summed E-state index contributed by atoms with van der Waals surface area (Å²) in [6.07, 6.45) is 5.66. The number of nitrogens with zero attached hydrogens (tertiary/aromatic N) is 3. The number of anilines is 3. The molecule has 0 spiro atoms. The Balaban J connectivity index is 1.41. The molecule has 1 atom stereocenters. The van der Waals surface area contributed by atoms with Crippen molar-refractivity contribution in [3.05, 3.63) is 30.5 Å². The van der Waals surface area contributed by atoms with Crippen LogP contribution in [0, 0.1) is 5.92 Å². The van der Waals surface area contributed by atoms with Gasteiger partial charge in [-0.1, -0.05) is 0 Å². The summed E-state index contributed by atoms with van der Waals surface area (Å²) in [6, 6.07) is 8.45. The quantitative estimate of drug-likeness (QED) is 0.741. The second-order valence-corrected chi connectivity index (χ2v) is 7.20. The molecule has 2 aliphatic rings. The largest absolute Gasteiger partial charge is 0.493 e. The molecule has 27 heavy (non-hydrogen) atoms. The van der Waals surface area contributed by atoms with E-state index < -0.39 is 0 Å². The van der Waals surface area contributed by atoms with Gasteiger partial charge in [0.2, 0.25) is 5.95 Å². The van der Waals surface area contributed by atoms with Gasteiger partial charge in [0.15, 0.2) is 11.5 Å². The zero-order chi connectivity index (χ0) is 18.6. The van der Waals surface area contributed by atoms with Crippen molar-refractivity contribution in [1.82, 2.24) is 14.9 Å². The molecule has 144 valence electrons. The summed E-state index contributed by atoms with van der Waals surface area (Å²) in [5.41, 5.74) is 0.866. The van der Waals surface area contributed by atoms with Gasteiger partial charge in [0, 0.05) is 43.5 Å². The summed E-state index contributed by atoms with van der Waals surface area (Å²) in [5.74, 6) is 3.37. The Morgan fingerprint density at radius 2 is 2.07 bits per heavy atom. The van der Waals surface area contributed by atoms with Crippen molar-refractivity contribution >= 4 is 17.5 Å². The van der Waals surface area contributed by atoms with Gasteiger partial charge in [0.25, 0.3) is 0 Å². The lowest BCUT2D eigenvalue weighted by molar-refractivity contribution is 0.230. The minimum atomic E-state index is 0.536. The van der Waals surface area contributed by atoms with E-state index in [-0.39, 0.29) is 0 Å². The molecule has 1 aliphatic heterocycles. The number of hydrogen-bond donors (Lipinski definition) is 2. The maximum atomic E-state index is 6.14. The lowest BCUT2D eigenvalue weighted by Gasteiger charge is -2.17. The first-order chi connectivity index (χ1) is 13.2. The summed E-state index contributed by atoms with van der Waals surface area (Å²) in [5, 5.41) is 6.23. The first-order valence-electron chi connectivity index (χ1n) is 9.58. The van der Waals surface area contributed by atoms with E-state index in [1.807, 2.05) is 31.3 Å². The summed E-state index contributed by atoms with van der Waals surface area (Å²) in [6.45, 7) is 3.07. The Bertz CT molecular complexity index is 781. The van der Waals surface area contributed by atoms with E-state index in [1.54, 1.807) is 13.3 Å². The molecule has 2 aromatic rings. The van der Waals surface area contributed by atoms with Gasteiger partial charge >= 0.3 is 0 Å². The van der Waals surface area contributed by atoms with Crippen molar-refractivity contribution in [2.45, 2.75) is 25.3 Å². The van der Waals surface area contributed by atoms with Gasteiger partial charge in [-0.05, 0) is 44.0 Å². The van der Waals surface area contributed by atoms with Crippen LogP contribution in [0.1, 0.15) is 19.3 Å². The van der Waals surface area contributed by atoms with Gasteiger partial charge in [-0.2, -0.15) is 4.98 Å². The topological polar surface area (TPSA) is 71.5 Å². The third-order valence-electron chi connectivity index (χ3n) is 5.19. The maximum Gasteiger partial charge on any atom is 0.229 e. The molecule has 1 unspecified atom stereocenters. The van der Waals surface area contributed by atoms with Crippen LogP contribution in [0.3, 0.4) is 0 Å². The fourth-order valence-corrected chi connectivity index (χ4v) is 3.53. The van der Waals surface area contributed by atoms with Gasteiger partial charge in [-0.25, -0.2) is 4.98 Å². The second kappa shape index (κ2) is 8.00. The number of ether oxygens (including phenoxy) is 2. The molecule has 1 saturated carbocycles. The Hall–Kier alpha value is -2.54. The van der Waals surface area contributed by atoms with E-state index in [1.165, 1.54) is 25.8 Å². The number of hydrogen-bond acceptors (Lipinski definition) is 7. The molecular weight excluding hydrogens is 342 g/mol.